The second kappa shape index (κ2) is 7.85. The molecule has 2 aromatic heterocycles. The van der Waals surface area contributed by atoms with Crippen molar-refractivity contribution >= 4 is 0 Å². The monoisotopic (exact) mass is 347 g/mol. The van der Waals surface area contributed by atoms with E-state index in [2.05, 4.69) is 40.2 Å². The van der Waals surface area contributed by atoms with Gasteiger partial charge < -0.3 is 5.73 Å². The summed E-state index contributed by atoms with van der Waals surface area (Å²) in [5.41, 5.74) is 9.91. The van der Waals surface area contributed by atoms with Gasteiger partial charge in [0.1, 0.15) is 0 Å². The molecule has 0 atom stereocenters. The highest BCUT2D eigenvalue weighted by atomic mass is 15.4. The molecule has 0 saturated carbocycles. The summed E-state index contributed by atoms with van der Waals surface area (Å²) in [6.45, 7) is 5.22. The molecule has 0 radical (unpaired) electrons. The first kappa shape index (κ1) is 17.7. The van der Waals surface area contributed by atoms with Gasteiger partial charge in [0, 0.05) is 24.2 Å². The Morgan fingerprint density at radius 1 is 1.23 bits per heavy atom. The van der Waals surface area contributed by atoms with Gasteiger partial charge in [-0.25, -0.2) is 14.6 Å². The molecular weight excluding hydrogens is 326 g/mol. The Hall–Kier alpha value is -3.11. The highest BCUT2D eigenvalue weighted by Crippen LogP contribution is 2.23. The summed E-state index contributed by atoms with van der Waals surface area (Å²) in [5, 5.41) is 17.6. The lowest BCUT2D eigenvalue weighted by molar-refractivity contribution is 0.649. The fourth-order valence-electron chi connectivity index (χ4n) is 2.63. The van der Waals surface area contributed by atoms with Gasteiger partial charge in [-0.15, -0.1) is 5.10 Å². The summed E-state index contributed by atoms with van der Waals surface area (Å²) < 4.78 is 1.78. The van der Waals surface area contributed by atoms with Crippen molar-refractivity contribution < 1.29 is 0 Å². The van der Waals surface area contributed by atoms with Crippen molar-refractivity contribution in [1.29, 1.82) is 5.26 Å². The van der Waals surface area contributed by atoms with E-state index in [0.717, 1.165) is 28.8 Å². The largest absolute Gasteiger partial charge is 0.330 e. The Balaban J connectivity index is 1.95. The molecule has 26 heavy (non-hydrogen) atoms. The van der Waals surface area contributed by atoms with Crippen LogP contribution >= 0.6 is 0 Å². The Morgan fingerprint density at radius 3 is 2.62 bits per heavy atom. The third-order valence-corrected chi connectivity index (χ3v) is 4.09. The second-order valence-electron chi connectivity index (χ2n) is 6.43. The van der Waals surface area contributed by atoms with Crippen LogP contribution in [0.2, 0.25) is 0 Å². The minimum Gasteiger partial charge on any atom is -0.330 e. The van der Waals surface area contributed by atoms with Crippen LogP contribution in [0.5, 0.6) is 0 Å². The van der Waals surface area contributed by atoms with Crippen LogP contribution in [0, 0.1) is 11.3 Å². The summed E-state index contributed by atoms with van der Waals surface area (Å²) in [6.07, 6.45) is 6.27. The zero-order valence-electron chi connectivity index (χ0n) is 14.9. The van der Waals surface area contributed by atoms with Crippen LogP contribution in [-0.4, -0.2) is 31.5 Å². The fraction of sp³-hybridized carbons (Fsp3) is 0.316. The van der Waals surface area contributed by atoms with Crippen molar-refractivity contribution in [1.82, 2.24) is 25.0 Å². The molecule has 2 heterocycles. The van der Waals surface area contributed by atoms with Crippen molar-refractivity contribution in [2.75, 3.05) is 6.54 Å². The molecule has 0 spiro atoms. The first-order chi connectivity index (χ1) is 12.6. The van der Waals surface area contributed by atoms with E-state index in [0.29, 0.717) is 30.4 Å². The first-order valence-corrected chi connectivity index (χ1v) is 8.55. The van der Waals surface area contributed by atoms with Crippen molar-refractivity contribution in [3.8, 4) is 17.5 Å². The third-order valence-electron chi connectivity index (χ3n) is 4.09. The molecule has 7 heteroatoms. The summed E-state index contributed by atoms with van der Waals surface area (Å²) in [6, 6.07) is 7.69. The van der Waals surface area contributed by atoms with E-state index in [1.165, 1.54) is 0 Å². The molecule has 0 amide bonds. The Bertz CT molecular complexity index is 920. The highest BCUT2D eigenvalue weighted by Gasteiger charge is 2.12. The van der Waals surface area contributed by atoms with Gasteiger partial charge in [-0.05, 0) is 48.2 Å². The summed E-state index contributed by atoms with van der Waals surface area (Å²) in [5.74, 6) is 0.932. The molecule has 2 N–H and O–H groups in total. The smallest absolute Gasteiger partial charge is 0.159 e. The predicted molar refractivity (Wildman–Crippen MR) is 98.2 cm³/mol. The van der Waals surface area contributed by atoms with Gasteiger partial charge in [-0.3, -0.25) is 0 Å². The topological polar surface area (TPSA) is 106 Å². The molecule has 0 saturated heterocycles. The van der Waals surface area contributed by atoms with Crippen molar-refractivity contribution in [2.45, 2.75) is 32.7 Å². The van der Waals surface area contributed by atoms with Crippen LogP contribution in [-0.2, 0) is 13.0 Å². The fourth-order valence-corrected chi connectivity index (χ4v) is 2.63. The van der Waals surface area contributed by atoms with Crippen LogP contribution in [0.15, 0.2) is 36.8 Å². The highest BCUT2D eigenvalue weighted by molar-refractivity contribution is 5.62. The molecule has 3 rings (SSSR count). The van der Waals surface area contributed by atoms with Crippen molar-refractivity contribution in [2.24, 2.45) is 5.73 Å². The number of benzene rings is 1. The molecule has 0 bridgehead atoms. The lowest BCUT2D eigenvalue weighted by Gasteiger charge is -2.09. The van der Waals surface area contributed by atoms with Gasteiger partial charge in [-0.1, -0.05) is 19.1 Å². The Morgan fingerprint density at radius 2 is 2.00 bits per heavy atom. The normalized spacial score (nSPS) is 10.9. The van der Waals surface area contributed by atoms with Crippen LogP contribution in [0.3, 0.4) is 0 Å². The SMILES string of the molecule is CC(C)c1cn(Cc2cc(C#N)ccc2-c2ncc(CCN)cn2)nn1. The maximum atomic E-state index is 9.23. The maximum Gasteiger partial charge on any atom is 0.159 e. The number of nitriles is 1. The predicted octanol–water partition coefficient (Wildman–Crippen LogP) is 2.28. The third kappa shape index (κ3) is 3.92. The molecule has 132 valence electrons. The number of nitrogens with zero attached hydrogens (tertiary/aromatic N) is 6. The standard InChI is InChI=1S/C19H21N7/c1-13(2)18-12-26(25-24-18)11-16-7-14(8-21)3-4-17(16)19-22-9-15(5-6-20)10-23-19/h3-4,7,9-10,12-13H,5-6,11,20H2,1-2H3. The van der Waals surface area contributed by atoms with E-state index >= 15 is 0 Å². The molecule has 7 nitrogen and oxygen atoms in total. The number of nitrogens with two attached hydrogens (primary N) is 1. The van der Waals surface area contributed by atoms with Crippen molar-refractivity contribution in [3.63, 3.8) is 0 Å². The Kier molecular flexibility index (Phi) is 5.34. The van der Waals surface area contributed by atoms with E-state index in [1.54, 1.807) is 23.1 Å². The number of aromatic nitrogens is 5. The van der Waals surface area contributed by atoms with Gasteiger partial charge in [0.25, 0.3) is 0 Å². The van der Waals surface area contributed by atoms with Crippen molar-refractivity contribution in [3.05, 3.63) is 59.2 Å². The zero-order valence-corrected chi connectivity index (χ0v) is 14.9. The molecule has 3 aromatic rings. The van der Waals surface area contributed by atoms with Crippen LogP contribution in [0.1, 0.15) is 42.1 Å². The second-order valence-corrected chi connectivity index (χ2v) is 6.43. The average molecular weight is 347 g/mol. The van der Waals surface area contributed by atoms with Gasteiger partial charge >= 0.3 is 0 Å². The average Bonchev–Trinajstić information content (AvgIpc) is 3.12. The minimum absolute atomic E-state index is 0.312. The number of hydrogen-bond acceptors (Lipinski definition) is 6. The van der Waals surface area contributed by atoms with E-state index in [9.17, 15) is 5.26 Å². The minimum atomic E-state index is 0.312. The van der Waals surface area contributed by atoms with Gasteiger partial charge in [0.2, 0.25) is 0 Å². The van der Waals surface area contributed by atoms with Crippen LogP contribution < -0.4 is 5.73 Å². The van der Waals surface area contributed by atoms with Gasteiger partial charge in [-0.2, -0.15) is 5.26 Å². The molecule has 0 aliphatic carbocycles. The Labute approximate surface area is 152 Å². The molecular formula is C19H21N7. The molecule has 0 aliphatic heterocycles. The lowest BCUT2D eigenvalue weighted by Crippen LogP contribution is -2.06. The van der Waals surface area contributed by atoms with Gasteiger partial charge in [0.15, 0.2) is 5.82 Å². The molecule has 0 aliphatic rings. The summed E-state index contributed by atoms with van der Waals surface area (Å²) in [4.78, 5) is 8.93. The van der Waals surface area contributed by atoms with E-state index < -0.39 is 0 Å². The zero-order chi connectivity index (χ0) is 18.5. The van der Waals surface area contributed by atoms with E-state index in [4.69, 9.17) is 5.73 Å². The van der Waals surface area contributed by atoms with Gasteiger partial charge in [0.05, 0.1) is 23.9 Å². The van der Waals surface area contributed by atoms with E-state index in [1.807, 2.05) is 18.3 Å². The maximum absolute atomic E-state index is 9.23. The molecule has 0 fully saturated rings. The van der Waals surface area contributed by atoms with Crippen LogP contribution in [0.4, 0.5) is 0 Å². The molecule has 0 unspecified atom stereocenters. The van der Waals surface area contributed by atoms with E-state index in [-0.39, 0.29) is 0 Å². The molecule has 1 aromatic carbocycles. The number of rotatable bonds is 6. The summed E-state index contributed by atoms with van der Waals surface area (Å²) in [7, 11) is 0. The van der Waals surface area contributed by atoms with Crippen LogP contribution in [0.25, 0.3) is 11.4 Å². The summed E-state index contributed by atoms with van der Waals surface area (Å²) >= 11 is 0. The number of hydrogen-bond donors (Lipinski definition) is 1. The lowest BCUT2D eigenvalue weighted by atomic mass is 10.0. The quantitative estimate of drug-likeness (QED) is 0.733. The first-order valence-electron chi connectivity index (χ1n) is 8.55.